The Morgan fingerprint density at radius 3 is 2.91 bits per heavy atom. The summed E-state index contributed by atoms with van der Waals surface area (Å²) in [4.78, 5) is 40.5. The first-order chi connectivity index (χ1) is 10.9. The van der Waals surface area contributed by atoms with Gasteiger partial charge in [-0.15, -0.1) is 11.3 Å². The number of ether oxygens (including phenoxy) is 1. The fourth-order valence-electron chi connectivity index (χ4n) is 1.74. The highest BCUT2D eigenvalue weighted by molar-refractivity contribution is 7.11. The summed E-state index contributed by atoms with van der Waals surface area (Å²) < 4.78 is 19.4. The van der Waals surface area contributed by atoms with Gasteiger partial charge in [0.15, 0.2) is 0 Å². The number of rotatable bonds is 6. The average molecular weight is 343 g/mol. The van der Waals surface area contributed by atoms with Crippen LogP contribution < -0.4 is 16.1 Å². The number of nitrogens with one attached hydrogen (secondary N) is 3. The highest BCUT2D eigenvalue weighted by Crippen LogP contribution is 2.24. The van der Waals surface area contributed by atoms with Crippen molar-refractivity contribution in [3.05, 3.63) is 29.0 Å². The topological polar surface area (TPSA) is 106 Å². The second-order valence-electron chi connectivity index (χ2n) is 4.42. The molecule has 10 heteroatoms. The van der Waals surface area contributed by atoms with E-state index in [2.05, 4.69) is 16.8 Å². The van der Waals surface area contributed by atoms with E-state index in [4.69, 9.17) is 4.84 Å². The Bertz CT molecular complexity index is 636. The Morgan fingerprint density at radius 1 is 1.57 bits per heavy atom. The maximum atomic E-state index is 14.9. The van der Waals surface area contributed by atoms with Crippen LogP contribution in [0.15, 0.2) is 24.1 Å². The van der Waals surface area contributed by atoms with Crippen LogP contribution in [0, 0.1) is 0 Å². The summed E-state index contributed by atoms with van der Waals surface area (Å²) in [6.45, 7) is 4.98. The molecule has 0 aliphatic carbocycles. The number of thiophene rings is 1. The third-order valence-corrected chi connectivity index (χ3v) is 3.80. The van der Waals surface area contributed by atoms with Gasteiger partial charge in [0, 0.05) is 0 Å². The molecular formula is C13H14FN3O5S. The number of esters is 1. The van der Waals surface area contributed by atoms with E-state index in [1.54, 1.807) is 22.8 Å². The summed E-state index contributed by atoms with van der Waals surface area (Å²) in [5.41, 5.74) is -0.638. The van der Waals surface area contributed by atoms with E-state index in [0.29, 0.717) is 4.88 Å². The number of carbonyl (C=O) groups is 3. The quantitative estimate of drug-likeness (QED) is 0.398. The predicted octanol–water partition coefficient (Wildman–Crippen LogP) is 0.677. The molecule has 1 fully saturated rings. The van der Waals surface area contributed by atoms with Crippen molar-refractivity contribution in [2.45, 2.75) is 18.8 Å². The van der Waals surface area contributed by atoms with Crippen LogP contribution in [0.25, 0.3) is 5.70 Å². The monoisotopic (exact) mass is 343 g/mol. The lowest BCUT2D eigenvalue weighted by Crippen LogP contribution is -2.71. The third-order valence-electron chi connectivity index (χ3n) is 2.87. The van der Waals surface area contributed by atoms with Gasteiger partial charge in [0.2, 0.25) is 6.23 Å². The minimum atomic E-state index is -3.23. The molecule has 1 aromatic heterocycles. The Labute approximate surface area is 134 Å². The number of alkyl halides is 1. The number of imide groups is 1. The molecule has 2 unspecified atom stereocenters. The molecule has 2 rings (SSSR count). The summed E-state index contributed by atoms with van der Waals surface area (Å²) in [5.74, 6) is -2.93. The molecule has 124 valence electrons. The van der Waals surface area contributed by atoms with Crippen LogP contribution in [0.1, 0.15) is 11.8 Å². The molecule has 3 N–H and O–H groups in total. The molecule has 1 aliphatic rings. The fraction of sp³-hybridized carbons (Fsp3) is 0.308. The van der Waals surface area contributed by atoms with E-state index >= 15 is 0 Å². The Hall–Kier alpha value is -2.46. The largest absolute Gasteiger partial charge is 0.463 e. The van der Waals surface area contributed by atoms with Gasteiger partial charge in [-0.1, -0.05) is 12.6 Å². The molecular weight excluding hydrogens is 329 g/mol. The third kappa shape index (κ3) is 3.32. The van der Waals surface area contributed by atoms with Crippen molar-refractivity contribution < 1.29 is 28.3 Å². The first-order valence-electron chi connectivity index (χ1n) is 6.52. The molecule has 1 aliphatic heterocycles. The van der Waals surface area contributed by atoms with Crippen LogP contribution in [0.2, 0.25) is 0 Å². The van der Waals surface area contributed by atoms with Gasteiger partial charge in [-0.05, 0) is 18.4 Å². The number of carbonyl (C=O) groups excluding carboxylic acids is 3. The van der Waals surface area contributed by atoms with E-state index in [1.165, 1.54) is 18.3 Å². The van der Waals surface area contributed by atoms with Crippen molar-refractivity contribution in [1.29, 1.82) is 0 Å². The number of hydroxylamine groups is 1. The average Bonchev–Trinajstić information content (AvgIpc) is 3.03. The van der Waals surface area contributed by atoms with Crippen molar-refractivity contribution in [3.63, 3.8) is 0 Å². The maximum Gasteiger partial charge on any atom is 0.358 e. The highest BCUT2D eigenvalue weighted by atomic mass is 32.1. The van der Waals surface area contributed by atoms with Crippen LogP contribution in [-0.2, 0) is 19.2 Å². The molecule has 0 spiro atoms. The number of halogens is 1. The van der Waals surface area contributed by atoms with Crippen molar-refractivity contribution in [2.24, 2.45) is 0 Å². The molecule has 1 saturated heterocycles. The zero-order chi connectivity index (χ0) is 17.0. The minimum Gasteiger partial charge on any atom is -0.463 e. The van der Waals surface area contributed by atoms with Crippen molar-refractivity contribution in [2.75, 3.05) is 6.61 Å². The molecule has 1 aromatic rings. The zero-order valence-corrected chi connectivity index (χ0v) is 12.9. The smallest absolute Gasteiger partial charge is 0.358 e. The van der Waals surface area contributed by atoms with Crippen molar-refractivity contribution in [1.82, 2.24) is 16.1 Å². The zero-order valence-electron chi connectivity index (χ0n) is 12.1. The van der Waals surface area contributed by atoms with Crippen LogP contribution in [0.4, 0.5) is 9.18 Å². The van der Waals surface area contributed by atoms with Crippen LogP contribution in [0.3, 0.4) is 0 Å². The molecule has 2 heterocycles. The summed E-state index contributed by atoms with van der Waals surface area (Å²) in [5, 5.41) is 5.46. The highest BCUT2D eigenvalue weighted by Gasteiger charge is 2.60. The molecule has 23 heavy (non-hydrogen) atoms. The van der Waals surface area contributed by atoms with E-state index in [1.807, 2.05) is 5.32 Å². The minimum absolute atomic E-state index is 0.145. The van der Waals surface area contributed by atoms with Gasteiger partial charge in [0.1, 0.15) is 0 Å². The number of amides is 3. The Morgan fingerprint density at radius 2 is 2.30 bits per heavy atom. The van der Waals surface area contributed by atoms with Crippen LogP contribution in [0.5, 0.6) is 0 Å². The van der Waals surface area contributed by atoms with Gasteiger partial charge in [-0.3, -0.25) is 15.6 Å². The first kappa shape index (κ1) is 16.9. The van der Waals surface area contributed by atoms with E-state index in [-0.39, 0.29) is 12.3 Å². The van der Waals surface area contributed by atoms with E-state index in [0.717, 1.165) is 0 Å². The predicted molar refractivity (Wildman–Crippen MR) is 78.5 cm³/mol. The Balaban J connectivity index is 2.14. The molecule has 0 saturated carbocycles. The summed E-state index contributed by atoms with van der Waals surface area (Å²) in [7, 11) is 0. The van der Waals surface area contributed by atoms with Crippen molar-refractivity contribution in [3.8, 4) is 0 Å². The Kier molecular flexibility index (Phi) is 4.96. The molecule has 0 bridgehead atoms. The second-order valence-corrected chi connectivity index (χ2v) is 5.36. The van der Waals surface area contributed by atoms with Crippen LogP contribution >= 0.6 is 11.3 Å². The molecule has 3 amide bonds. The van der Waals surface area contributed by atoms with Crippen LogP contribution in [-0.4, -0.2) is 36.4 Å². The SMILES string of the molecule is C=C(NOC1NC(=O)NC(=O)C1(F)C(=O)OCC)c1cccs1. The van der Waals surface area contributed by atoms with E-state index in [9.17, 15) is 18.8 Å². The van der Waals surface area contributed by atoms with Gasteiger partial charge < -0.3 is 10.1 Å². The van der Waals surface area contributed by atoms with Crippen molar-refractivity contribution >= 4 is 34.9 Å². The molecule has 2 atom stereocenters. The lowest BCUT2D eigenvalue weighted by Gasteiger charge is -2.33. The van der Waals surface area contributed by atoms with E-state index < -0.39 is 29.8 Å². The number of urea groups is 1. The van der Waals surface area contributed by atoms with Gasteiger partial charge in [-0.25, -0.2) is 18.8 Å². The fourth-order valence-corrected chi connectivity index (χ4v) is 2.39. The van der Waals surface area contributed by atoms with Gasteiger partial charge >= 0.3 is 17.7 Å². The second kappa shape index (κ2) is 6.75. The number of hydrogen-bond donors (Lipinski definition) is 3. The summed E-state index contributed by atoms with van der Waals surface area (Å²) in [6, 6.07) is 2.49. The number of hydrogen-bond acceptors (Lipinski definition) is 7. The van der Waals surface area contributed by atoms with Gasteiger partial charge in [0.05, 0.1) is 17.2 Å². The lowest BCUT2D eigenvalue weighted by molar-refractivity contribution is -0.183. The normalized spacial score (nSPS) is 23.7. The van der Waals surface area contributed by atoms with Gasteiger partial charge in [0.25, 0.3) is 5.91 Å². The van der Waals surface area contributed by atoms with Gasteiger partial charge in [-0.2, -0.15) is 0 Å². The molecule has 0 aromatic carbocycles. The summed E-state index contributed by atoms with van der Waals surface area (Å²) >= 11 is 1.34. The summed E-state index contributed by atoms with van der Waals surface area (Å²) in [6.07, 6.45) is -1.92. The molecule has 8 nitrogen and oxygen atoms in total. The standard InChI is InChI=1S/C13H14FN3O5S/c1-3-21-11(19)13(14)9(18)15-12(20)16-10(13)22-17-7(2)8-5-4-6-23-8/h4-6,10,17H,2-3H2,1H3,(H2,15,16,18,20). The maximum absolute atomic E-state index is 14.9. The first-order valence-corrected chi connectivity index (χ1v) is 7.40. The molecule has 0 radical (unpaired) electrons. The lowest BCUT2D eigenvalue weighted by atomic mass is 10.0.